The van der Waals surface area contributed by atoms with Crippen LogP contribution in [0.5, 0.6) is 0 Å². The van der Waals surface area contributed by atoms with E-state index < -0.39 is 0 Å². The summed E-state index contributed by atoms with van der Waals surface area (Å²) in [6.07, 6.45) is 0. The number of hydrogen-bond acceptors (Lipinski definition) is 5. The van der Waals surface area contributed by atoms with Gasteiger partial charge in [-0.05, 0) is 29.6 Å². The minimum atomic E-state index is -0.255. The number of carbonyl (C=O) groups is 1. The average molecular weight is 349 g/mol. The summed E-state index contributed by atoms with van der Waals surface area (Å²) in [4.78, 5) is 12.8. The van der Waals surface area contributed by atoms with E-state index in [0.29, 0.717) is 22.2 Å². The van der Waals surface area contributed by atoms with Crippen LogP contribution in [0, 0.1) is 0 Å². The molecule has 2 heterocycles. The van der Waals surface area contributed by atoms with Gasteiger partial charge in [0.25, 0.3) is 0 Å². The number of aromatic nitrogens is 1. The van der Waals surface area contributed by atoms with E-state index in [1.54, 1.807) is 41.7 Å². The van der Waals surface area contributed by atoms with Crippen LogP contribution in [-0.2, 0) is 16.1 Å². The maximum Gasteiger partial charge on any atom is 0.250 e. The molecule has 0 radical (unpaired) electrons. The number of anilines is 1. The molecule has 0 aliphatic rings. The molecular formula is C16H13ClN2O3S. The number of ether oxygens (including phenoxy) is 1. The van der Waals surface area contributed by atoms with Gasteiger partial charge in [-0.1, -0.05) is 28.9 Å². The first-order valence-electron chi connectivity index (χ1n) is 6.83. The summed E-state index contributed by atoms with van der Waals surface area (Å²) in [6, 6.07) is 12.6. The number of hydrogen-bond donors (Lipinski definition) is 1. The van der Waals surface area contributed by atoms with Gasteiger partial charge in [-0.15, -0.1) is 11.3 Å². The van der Waals surface area contributed by atoms with Crippen molar-refractivity contribution in [1.29, 1.82) is 0 Å². The van der Waals surface area contributed by atoms with E-state index in [9.17, 15) is 4.79 Å². The van der Waals surface area contributed by atoms with E-state index in [1.807, 2.05) is 17.5 Å². The predicted molar refractivity (Wildman–Crippen MR) is 89.6 cm³/mol. The van der Waals surface area contributed by atoms with Crippen LogP contribution in [-0.4, -0.2) is 17.7 Å². The Kier molecular flexibility index (Phi) is 5.07. The van der Waals surface area contributed by atoms with Crippen molar-refractivity contribution in [2.24, 2.45) is 0 Å². The van der Waals surface area contributed by atoms with E-state index >= 15 is 0 Å². The molecule has 7 heteroatoms. The zero-order valence-electron chi connectivity index (χ0n) is 12.0. The van der Waals surface area contributed by atoms with E-state index in [4.69, 9.17) is 20.9 Å². The molecule has 1 aromatic carbocycles. The van der Waals surface area contributed by atoms with Crippen LogP contribution >= 0.6 is 22.9 Å². The normalized spacial score (nSPS) is 10.7. The second kappa shape index (κ2) is 7.41. The summed E-state index contributed by atoms with van der Waals surface area (Å²) in [5.74, 6) is 0.441. The minimum absolute atomic E-state index is 0.0757. The van der Waals surface area contributed by atoms with E-state index in [-0.39, 0.29) is 19.1 Å². The lowest BCUT2D eigenvalue weighted by Crippen LogP contribution is -2.18. The first kappa shape index (κ1) is 15.7. The van der Waals surface area contributed by atoms with Gasteiger partial charge >= 0.3 is 0 Å². The van der Waals surface area contributed by atoms with Crippen molar-refractivity contribution in [2.45, 2.75) is 6.61 Å². The third-order valence-corrected chi connectivity index (χ3v) is 4.03. The summed E-state index contributed by atoms with van der Waals surface area (Å²) < 4.78 is 10.6. The van der Waals surface area contributed by atoms with Crippen molar-refractivity contribution in [3.05, 3.63) is 58.6 Å². The molecule has 0 saturated carbocycles. The Hall–Kier alpha value is -2.15. The Morgan fingerprint density at radius 1 is 1.30 bits per heavy atom. The molecule has 3 rings (SSSR count). The first-order valence-corrected chi connectivity index (χ1v) is 8.09. The number of benzene rings is 1. The van der Waals surface area contributed by atoms with Crippen molar-refractivity contribution in [3.63, 3.8) is 0 Å². The zero-order valence-corrected chi connectivity index (χ0v) is 13.6. The maximum absolute atomic E-state index is 11.8. The smallest absolute Gasteiger partial charge is 0.250 e. The lowest BCUT2D eigenvalue weighted by Gasteiger charge is -2.05. The zero-order chi connectivity index (χ0) is 16.1. The standard InChI is InChI=1S/C16H13ClN2O3S/c17-11-3-1-4-12(7-11)18-16(20)10-21-9-13-8-14(22-19-13)15-5-2-6-23-15/h1-8H,9-10H2,(H,18,20). The monoisotopic (exact) mass is 348 g/mol. The predicted octanol–water partition coefficient (Wildman–Crippen LogP) is 4.21. The highest BCUT2D eigenvalue weighted by molar-refractivity contribution is 7.13. The molecule has 0 spiro atoms. The summed E-state index contributed by atoms with van der Waals surface area (Å²) in [7, 11) is 0. The molecule has 3 aromatic rings. The maximum atomic E-state index is 11.8. The number of thiophene rings is 1. The third-order valence-electron chi connectivity index (χ3n) is 2.91. The van der Waals surface area contributed by atoms with Gasteiger partial charge in [-0.2, -0.15) is 0 Å². The highest BCUT2D eigenvalue weighted by atomic mass is 35.5. The number of carbonyl (C=O) groups excluding carboxylic acids is 1. The van der Waals surface area contributed by atoms with E-state index in [0.717, 1.165) is 4.88 Å². The molecule has 5 nitrogen and oxygen atoms in total. The SMILES string of the molecule is O=C(COCc1cc(-c2cccs2)on1)Nc1cccc(Cl)c1. The first-order chi connectivity index (χ1) is 11.2. The van der Waals surface area contributed by atoms with Gasteiger partial charge in [-0.3, -0.25) is 4.79 Å². The Morgan fingerprint density at radius 3 is 3.00 bits per heavy atom. The number of nitrogens with one attached hydrogen (secondary N) is 1. The molecule has 0 fully saturated rings. The van der Waals surface area contributed by atoms with Gasteiger partial charge in [0, 0.05) is 16.8 Å². The lowest BCUT2D eigenvalue weighted by molar-refractivity contribution is -0.121. The van der Waals surface area contributed by atoms with Gasteiger partial charge in [0.15, 0.2) is 5.76 Å². The van der Waals surface area contributed by atoms with Crippen molar-refractivity contribution >= 4 is 34.5 Å². The fraction of sp³-hybridized carbons (Fsp3) is 0.125. The van der Waals surface area contributed by atoms with Crippen LogP contribution < -0.4 is 5.32 Å². The Balaban J connectivity index is 1.47. The van der Waals surface area contributed by atoms with Crippen LogP contribution in [0.2, 0.25) is 5.02 Å². The van der Waals surface area contributed by atoms with Crippen molar-refractivity contribution < 1.29 is 14.1 Å². The molecule has 0 atom stereocenters. The summed E-state index contributed by atoms with van der Waals surface area (Å²) in [5, 5.41) is 9.16. The Bertz CT molecular complexity index is 786. The molecule has 118 valence electrons. The Labute approximate surface area is 141 Å². The molecule has 1 amide bonds. The molecule has 0 bridgehead atoms. The van der Waals surface area contributed by atoms with Gasteiger partial charge in [0.05, 0.1) is 11.5 Å². The fourth-order valence-corrected chi connectivity index (χ4v) is 2.79. The molecule has 1 N–H and O–H groups in total. The van der Waals surface area contributed by atoms with Crippen LogP contribution in [0.15, 0.2) is 52.4 Å². The number of amides is 1. The van der Waals surface area contributed by atoms with E-state index in [1.165, 1.54) is 0 Å². The van der Waals surface area contributed by atoms with Crippen molar-refractivity contribution in [2.75, 3.05) is 11.9 Å². The van der Waals surface area contributed by atoms with Crippen molar-refractivity contribution in [1.82, 2.24) is 5.16 Å². The number of rotatable bonds is 6. The third kappa shape index (κ3) is 4.41. The number of nitrogens with zero attached hydrogens (tertiary/aromatic N) is 1. The highest BCUT2D eigenvalue weighted by Gasteiger charge is 2.09. The van der Waals surface area contributed by atoms with Gasteiger partial charge in [0.2, 0.25) is 5.91 Å². The Morgan fingerprint density at radius 2 is 2.22 bits per heavy atom. The number of halogens is 1. The second-order valence-electron chi connectivity index (χ2n) is 4.71. The van der Waals surface area contributed by atoms with Crippen LogP contribution in [0.3, 0.4) is 0 Å². The minimum Gasteiger partial charge on any atom is -0.365 e. The van der Waals surface area contributed by atoms with Gasteiger partial charge in [-0.25, -0.2) is 0 Å². The lowest BCUT2D eigenvalue weighted by atomic mass is 10.3. The quantitative estimate of drug-likeness (QED) is 0.724. The second-order valence-corrected chi connectivity index (χ2v) is 6.10. The molecule has 0 saturated heterocycles. The summed E-state index contributed by atoms with van der Waals surface area (Å²) in [5.41, 5.74) is 1.27. The van der Waals surface area contributed by atoms with Gasteiger partial charge < -0.3 is 14.6 Å². The van der Waals surface area contributed by atoms with Crippen LogP contribution in [0.4, 0.5) is 5.69 Å². The molecule has 0 aliphatic heterocycles. The van der Waals surface area contributed by atoms with Crippen LogP contribution in [0.1, 0.15) is 5.69 Å². The van der Waals surface area contributed by atoms with Crippen molar-refractivity contribution in [3.8, 4) is 10.6 Å². The largest absolute Gasteiger partial charge is 0.365 e. The summed E-state index contributed by atoms with van der Waals surface area (Å²) >= 11 is 7.43. The van der Waals surface area contributed by atoms with E-state index in [2.05, 4.69) is 10.5 Å². The van der Waals surface area contributed by atoms with Gasteiger partial charge in [0.1, 0.15) is 12.3 Å². The molecule has 2 aromatic heterocycles. The topological polar surface area (TPSA) is 64.4 Å². The average Bonchev–Trinajstić information content (AvgIpc) is 3.18. The summed E-state index contributed by atoms with van der Waals surface area (Å²) in [6.45, 7) is 0.131. The van der Waals surface area contributed by atoms with Crippen LogP contribution in [0.25, 0.3) is 10.6 Å². The fourth-order valence-electron chi connectivity index (χ4n) is 1.93. The molecular weight excluding hydrogens is 336 g/mol. The molecule has 23 heavy (non-hydrogen) atoms. The molecule has 0 unspecified atom stereocenters. The molecule has 0 aliphatic carbocycles. The highest BCUT2D eigenvalue weighted by Crippen LogP contribution is 2.25.